The molecular formula is C19H21NO3. The van der Waals surface area contributed by atoms with Crippen molar-refractivity contribution in [2.45, 2.75) is 32.4 Å². The molecule has 0 spiro atoms. The molecule has 120 valence electrons. The highest BCUT2D eigenvalue weighted by Crippen LogP contribution is 2.49. The zero-order valence-electron chi connectivity index (χ0n) is 13.4. The van der Waals surface area contributed by atoms with E-state index < -0.39 is 6.09 Å². The van der Waals surface area contributed by atoms with Crippen molar-refractivity contribution in [3.8, 4) is 0 Å². The van der Waals surface area contributed by atoms with E-state index in [-0.39, 0.29) is 29.9 Å². The number of ether oxygens (including phenoxy) is 1. The maximum Gasteiger partial charge on any atom is 0.417 e. The molecule has 1 saturated carbocycles. The number of carbonyl (C=O) groups is 2. The van der Waals surface area contributed by atoms with Gasteiger partial charge in [-0.15, -0.1) is 0 Å². The van der Waals surface area contributed by atoms with E-state index in [2.05, 4.69) is 19.1 Å². The van der Waals surface area contributed by atoms with Gasteiger partial charge in [-0.05, 0) is 36.7 Å². The molecule has 1 heterocycles. The molecular weight excluding hydrogens is 290 g/mol. The fourth-order valence-electron chi connectivity index (χ4n) is 4.48. The van der Waals surface area contributed by atoms with Gasteiger partial charge in [-0.2, -0.15) is 0 Å². The van der Waals surface area contributed by atoms with Gasteiger partial charge in [-0.25, -0.2) is 9.69 Å². The van der Waals surface area contributed by atoms with Crippen LogP contribution in [0.15, 0.2) is 42.5 Å². The monoisotopic (exact) mass is 311 g/mol. The zero-order valence-corrected chi connectivity index (χ0v) is 13.4. The van der Waals surface area contributed by atoms with Crippen LogP contribution in [0.4, 0.5) is 4.79 Å². The normalized spacial score (nSPS) is 38.2. The lowest BCUT2D eigenvalue weighted by Gasteiger charge is -2.28. The average Bonchev–Trinajstić information content (AvgIpc) is 3.21. The molecule has 4 rings (SSSR count). The third-order valence-electron chi connectivity index (χ3n) is 5.77. The Morgan fingerprint density at radius 2 is 1.83 bits per heavy atom. The molecule has 1 aromatic rings. The molecule has 0 unspecified atom stereocenters. The average molecular weight is 311 g/mol. The van der Waals surface area contributed by atoms with Gasteiger partial charge >= 0.3 is 6.09 Å². The van der Waals surface area contributed by atoms with Crippen molar-refractivity contribution in [3.63, 3.8) is 0 Å². The first-order chi connectivity index (χ1) is 11.1. The molecule has 6 atom stereocenters. The number of hydrogen-bond acceptors (Lipinski definition) is 3. The Kier molecular flexibility index (Phi) is 3.29. The molecule has 2 fully saturated rings. The zero-order chi connectivity index (χ0) is 16.1. The van der Waals surface area contributed by atoms with E-state index in [1.807, 2.05) is 37.3 Å². The topological polar surface area (TPSA) is 46.6 Å². The summed E-state index contributed by atoms with van der Waals surface area (Å²) in [6.45, 7) is 4.02. The molecule has 3 aliphatic rings. The summed E-state index contributed by atoms with van der Waals surface area (Å²) in [5.41, 5.74) is 0.935. The van der Waals surface area contributed by atoms with Crippen molar-refractivity contribution < 1.29 is 14.3 Å². The summed E-state index contributed by atoms with van der Waals surface area (Å²) in [6.07, 6.45) is 4.52. The van der Waals surface area contributed by atoms with Crippen molar-refractivity contribution in [1.82, 2.24) is 4.90 Å². The van der Waals surface area contributed by atoms with Gasteiger partial charge in [0.25, 0.3) is 0 Å². The van der Waals surface area contributed by atoms with Gasteiger partial charge in [0.2, 0.25) is 5.91 Å². The number of benzene rings is 1. The Bertz CT molecular complexity index is 668. The molecule has 4 nitrogen and oxygen atoms in total. The van der Waals surface area contributed by atoms with Crippen LogP contribution in [0.3, 0.4) is 0 Å². The summed E-state index contributed by atoms with van der Waals surface area (Å²) in [6, 6.07) is 9.37. The maximum atomic E-state index is 13.0. The van der Waals surface area contributed by atoms with Crippen LogP contribution in [0.1, 0.15) is 31.9 Å². The molecule has 23 heavy (non-hydrogen) atoms. The van der Waals surface area contributed by atoms with Gasteiger partial charge in [0.15, 0.2) is 0 Å². The van der Waals surface area contributed by atoms with Crippen molar-refractivity contribution in [1.29, 1.82) is 0 Å². The molecule has 2 bridgehead atoms. The van der Waals surface area contributed by atoms with Crippen LogP contribution in [-0.4, -0.2) is 22.9 Å². The summed E-state index contributed by atoms with van der Waals surface area (Å²) in [4.78, 5) is 26.7. The highest BCUT2D eigenvalue weighted by atomic mass is 16.6. The predicted molar refractivity (Wildman–Crippen MR) is 85.4 cm³/mol. The molecule has 0 aromatic heterocycles. The van der Waals surface area contributed by atoms with Crippen molar-refractivity contribution >= 4 is 12.0 Å². The van der Waals surface area contributed by atoms with E-state index in [0.717, 1.165) is 12.0 Å². The molecule has 1 saturated heterocycles. The lowest BCUT2D eigenvalue weighted by molar-refractivity contribution is -0.135. The van der Waals surface area contributed by atoms with Crippen LogP contribution in [0, 0.1) is 23.7 Å². The van der Waals surface area contributed by atoms with Gasteiger partial charge in [-0.3, -0.25) is 4.79 Å². The smallest absolute Gasteiger partial charge is 0.417 e. The Balaban J connectivity index is 1.58. The van der Waals surface area contributed by atoms with E-state index in [1.165, 1.54) is 4.90 Å². The van der Waals surface area contributed by atoms with E-state index >= 15 is 0 Å². The first-order valence-electron chi connectivity index (χ1n) is 8.35. The lowest BCUT2D eigenvalue weighted by atomic mass is 9.83. The van der Waals surface area contributed by atoms with Gasteiger partial charge in [0.05, 0.1) is 6.04 Å². The largest absolute Gasteiger partial charge is 0.439 e. The van der Waals surface area contributed by atoms with Crippen molar-refractivity contribution in [2.75, 3.05) is 0 Å². The Morgan fingerprint density at radius 1 is 1.13 bits per heavy atom. The minimum atomic E-state index is -0.504. The lowest BCUT2D eigenvalue weighted by Crippen LogP contribution is -2.44. The molecule has 1 aliphatic heterocycles. The highest BCUT2D eigenvalue weighted by molar-refractivity contribution is 5.95. The van der Waals surface area contributed by atoms with E-state index in [1.54, 1.807) is 0 Å². The number of rotatable bonds is 2. The predicted octanol–water partition coefficient (Wildman–Crippen LogP) is 3.55. The summed E-state index contributed by atoms with van der Waals surface area (Å²) < 4.78 is 5.52. The Morgan fingerprint density at radius 3 is 2.48 bits per heavy atom. The van der Waals surface area contributed by atoms with E-state index in [9.17, 15) is 9.59 Å². The fourth-order valence-corrected chi connectivity index (χ4v) is 4.48. The number of amides is 2. The highest BCUT2D eigenvalue weighted by Gasteiger charge is 2.52. The molecule has 1 aromatic carbocycles. The van der Waals surface area contributed by atoms with Crippen molar-refractivity contribution in [3.05, 3.63) is 48.0 Å². The number of hydrogen-bond donors (Lipinski definition) is 0. The Labute approximate surface area is 136 Å². The number of fused-ring (bicyclic) bond motifs is 2. The van der Waals surface area contributed by atoms with Crippen molar-refractivity contribution in [2.24, 2.45) is 23.7 Å². The van der Waals surface area contributed by atoms with Crippen LogP contribution < -0.4 is 0 Å². The minimum absolute atomic E-state index is 0.0646. The SMILES string of the molecule is C[C@H]1[C@H](C(=O)N2C(=O)O[C@@H](c3ccccc3)[C@H]2C)[C@@H]2C=C[C@H]1C2. The van der Waals surface area contributed by atoms with Crippen LogP contribution in [0.5, 0.6) is 0 Å². The van der Waals surface area contributed by atoms with Crippen LogP contribution in [-0.2, 0) is 9.53 Å². The second-order valence-corrected chi connectivity index (χ2v) is 7.00. The van der Waals surface area contributed by atoms with Gasteiger partial charge in [0, 0.05) is 5.92 Å². The van der Waals surface area contributed by atoms with Crippen LogP contribution in [0.2, 0.25) is 0 Å². The quantitative estimate of drug-likeness (QED) is 0.785. The van der Waals surface area contributed by atoms with Crippen LogP contribution in [0.25, 0.3) is 0 Å². The first kappa shape index (κ1) is 14.5. The third-order valence-corrected chi connectivity index (χ3v) is 5.77. The van der Waals surface area contributed by atoms with Crippen LogP contribution >= 0.6 is 0 Å². The second kappa shape index (κ2) is 5.22. The maximum absolute atomic E-state index is 13.0. The summed E-state index contributed by atoms with van der Waals surface area (Å²) >= 11 is 0. The van der Waals surface area contributed by atoms with E-state index in [0.29, 0.717) is 11.8 Å². The fraction of sp³-hybridized carbons (Fsp3) is 0.474. The number of allylic oxidation sites excluding steroid dienone is 2. The minimum Gasteiger partial charge on any atom is -0.439 e. The number of imide groups is 1. The molecule has 2 amide bonds. The van der Waals surface area contributed by atoms with Gasteiger partial charge in [-0.1, -0.05) is 49.4 Å². The Hall–Kier alpha value is -2.10. The number of nitrogens with zero attached hydrogens (tertiary/aromatic N) is 1. The summed E-state index contributed by atoms with van der Waals surface area (Å²) in [5, 5.41) is 0. The second-order valence-electron chi connectivity index (χ2n) is 7.00. The van der Waals surface area contributed by atoms with Gasteiger partial charge < -0.3 is 4.74 Å². The third kappa shape index (κ3) is 2.12. The first-order valence-corrected chi connectivity index (χ1v) is 8.35. The molecule has 2 aliphatic carbocycles. The molecule has 4 heteroatoms. The summed E-state index contributed by atoms with van der Waals surface area (Å²) in [7, 11) is 0. The molecule has 0 radical (unpaired) electrons. The molecule has 0 N–H and O–H groups in total. The van der Waals surface area contributed by atoms with E-state index in [4.69, 9.17) is 4.74 Å². The summed E-state index contributed by atoms with van der Waals surface area (Å²) in [5.74, 6) is 0.902. The van der Waals surface area contributed by atoms with Gasteiger partial charge in [0.1, 0.15) is 6.10 Å². The number of carbonyl (C=O) groups excluding carboxylic acids is 2. The standard InChI is InChI=1S/C19H21NO3/c1-11-14-8-9-15(10-14)16(11)18(21)20-12(2)17(23-19(20)22)13-6-4-3-5-7-13/h3-9,11-12,14-17H,10H2,1-2H3/t11-,12-,14+,15-,16+,17-/m1/s1. The number of cyclic esters (lactones) is 1.